The number of Topliss-reactive ketones (excluding diaryl/α,β-unsaturated/α-hetero) is 1. The van der Waals surface area contributed by atoms with Crippen LogP contribution in [0.2, 0.25) is 0 Å². The third kappa shape index (κ3) is 3.90. The van der Waals surface area contributed by atoms with Crippen LogP contribution in [0, 0.1) is 0 Å². The molecule has 0 aliphatic carbocycles. The molecule has 0 spiro atoms. The topological polar surface area (TPSA) is 26.3 Å². The summed E-state index contributed by atoms with van der Waals surface area (Å²) in [4.78, 5) is 11.1. The zero-order valence-electron chi connectivity index (χ0n) is 8.11. The zero-order chi connectivity index (χ0) is 10.2. The molecule has 0 amide bonds. The van der Waals surface area contributed by atoms with E-state index in [0.29, 0.717) is 19.4 Å². The molecule has 1 rings (SSSR count). The van der Waals surface area contributed by atoms with Crippen molar-refractivity contribution in [3.8, 4) is 5.75 Å². The Labute approximate surface area is 84.2 Å². The van der Waals surface area contributed by atoms with Crippen molar-refractivity contribution in [2.24, 2.45) is 0 Å². The number of ether oxygens (including phenoxy) is 1. The van der Waals surface area contributed by atoms with Crippen LogP contribution in [0.5, 0.6) is 5.75 Å². The summed E-state index contributed by atoms with van der Waals surface area (Å²) in [5.74, 6) is 0.967. The van der Waals surface area contributed by atoms with Gasteiger partial charge < -0.3 is 4.74 Å². The van der Waals surface area contributed by atoms with Gasteiger partial charge in [-0.25, -0.2) is 0 Å². The lowest BCUT2D eigenvalue weighted by molar-refractivity contribution is -0.118. The Hall–Kier alpha value is -1.57. The van der Waals surface area contributed by atoms with Gasteiger partial charge in [-0.05, 0) is 12.1 Å². The number of hydrogen-bond acceptors (Lipinski definition) is 2. The molecule has 0 aromatic heterocycles. The fourth-order valence-corrected chi connectivity index (χ4v) is 1.06. The van der Waals surface area contributed by atoms with Crippen molar-refractivity contribution in [2.45, 2.75) is 12.8 Å². The van der Waals surface area contributed by atoms with Crippen LogP contribution in [0.25, 0.3) is 0 Å². The molecule has 14 heavy (non-hydrogen) atoms. The highest BCUT2D eigenvalue weighted by Gasteiger charge is 1.99. The number of rotatable bonds is 6. The van der Waals surface area contributed by atoms with Crippen LogP contribution < -0.4 is 4.74 Å². The Morgan fingerprint density at radius 3 is 2.71 bits per heavy atom. The quantitative estimate of drug-likeness (QED) is 0.644. The molecular formula is C12H14O2. The van der Waals surface area contributed by atoms with E-state index in [1.54, 1.807) is 6.08 Å². The van der Waals surface area contributed by atoms with E-state index in [1.807, 2.05) is 30.3 Å². The van der Waals surface area contributed by atoms with Crippen LogP contribution in [0.15, 0.2) is 43.0 Å². The molecule has 0 aliphatic heterocycles. The second kappa shape index (κ2) is 5.97. The van der Waals surface area contributed by atoms with Crippen LogP contribution >= 0.6 is 0 Å². The molecule has 0 radical (unpaired) electrons. The molecule has 0 saturated heterocycles. The van der Waals surface area contributed by atoms with Crippen LogP contribution in [-0.4, -0.2) is 12.4 Å². The number of para-hydroxylation sites is 1. The largest absolute Gasteiger partial charge is 0.493 e. The summed E-state index contributed by atoms with van der Waals surface area (Å²) in [7, 11) is 0. The summed E-state index contributed by atoms with van der Waals surface area (Å²) in [6.45, 7) is 3.95. The molecule has 2 heteroatoms. The summed E-state index contributed by atoms with van der Waals surface area (Å²) in [5.41, 5.74) is 0. The number of allylic oxidation sites excluding steroid dienone is 1. The van der Waals surface area contributed by atoms with Crippen molar-refractivity contribution in [3.05, 3.63) is 43.0 Å². The predicted octanol–water partition coefficient (Wildman–Crippen LogP) is 2.60. The van der Waals surface area contributed by atoms with Gasteiger partial charge in [-0.2, -0.15) is 0 Å². The highest BCUT2D eigenvalue weighted by Crippen LogP contribution is 2.08. The van der Waals surface area contributed by atoms with E-state index in [2.05, 4.69) is 6.58 Å². The van der Waals surface area contributed by atoms with Crippen molar-refractivity contribution in [1.82, 2.24) is 0 Å². The SMILES string of the molecule is C=CCC(=O)CCOc1ccccc1. The van der Waals surface area contributed by atoms with Gasteiger partial charge in [0, 0.05) is 12.8 Å². The average Bonchev–Trinajstić information content (AvgIpc) is 2.20. The molecule has 0 unspecified atom stereocenters. The van der Waals surface area contributed by atoms with Crippen molar-refractivity contribution in [1.29, 1.82) is 0 Å². The molecule has 0 atom stereocenters. The maximum Gasteiger partial charge on any atom is 0.140 e. The van der Waals surface area contributed by atoms with Gasteiger partial charge in [0.25, 0.3) is 0 Å². The normalized spacial score (nSPS) is 9.43. The summed E-state index contributed by atoms with van der Waals surface area (Å²) in [5, 5.41) is 0. The molecule has 1 aromatic rings. The first-order chi connectivity index (χ1) is 6.83. The summed E-state index contributed by atoms with van der Waals surface area (Å²) in [6.07, 6.45) is 2.49. The monoisotopic (exact) mass is 190 g/mol. The minimum absolute atomic E-state index is 0.163. The van der Waals surface area contributed by atoms with E-state index >= 15 is 0 Å². The summed E-state index contributed by atoms with van der Waals surface area (Å²) >= 11 is 0. The van der Waals surface area contributed by atoms with Crippen molar-refractivity contribution in [3.63, 3.8) is 0 Å². The molecular weight excluding hydrogens is 176 g/mol. The van der Waals surface area contributed by atoms with E-state index < -0.39 is 0 Å². The molecule has 2 nitrogen and oxygen atoms in total. The molecule has 0 heterocycles. The van der Waals surface area contributed by atoms with E-state index in [1.165, 1.54) is 0 Å². The van der Waals surface area contributed by atoms with Crippen molar-refractivity contribution >= 4 is 5.78 Å². The van der Waals surface area contributed by atoms with Crippen LogP contribution in [0.1, 0.15) is 12.8 Å². The average molecular weight is 190 g/mol. The minimum atomic E-state index is 0.163. The minimum Gasteiger partial charge on any atom is -0.493 e. The lowest BCUT2D eigenvalue weighted by Crippen LogP contribution is -2.04. The first-order valence-corrected chi connectivity index (χ1v) is 4.63. The second-order valence-corrected chi connectivity index (χ2v) is 2.94. The number of carbonyl (C=O) groups is 1. The van der Waals surface area contributed by atoms with Gasteiger partial charge in [-0.1, -0.05) is 24.3 Å². The molecule has 0 fully saturated rings. The molecule has 1 aromatic carbocycles. The van der Waals surface area contributed by atoms with Crippen LogP contribution in [0.3, 0.4) is 0 Å². The number of hydrogen-bond donors (Lipinski definition) is 0. The molecule has 0 bridgehead atoms. The predicted molar refractivity (Wildman–Crippen MR) is 56.4 cm³/mol. The fourth-order valence-electron chi connectivity index (χ4n) is 1.06. The third-order valence-electron chi connectivity index (χ3n) is 1.76. The van der Waals surface area contributed by atoms with Gasteiger partial charge in [-0.15, -0.1) is 6.58 Å². The Morgan fingerprint density at radius 2 is 2.07 bits per heavy atom. The smallest absolute Gasteiger partial charge is 0.140 e. The van der Waals surface area contributed by atoms with E-state index in [0.717, 1.165) is 5.75 Å². The Balaban J connectivity index is 2.22. The Morgan fingerprint density at radius 1 is 1.36 bits per heavy atom. The van der Waals surface area contributed by atoms with Gasteiger partial charge in [0.1, 0.15) is 11.5 Å². The van der Waals surface area contributed by atoms with Gasteiger partial charge >= 0.3 is 0 Å². The molecule has 0 saturated carbocycles. The lowest BCUT2D eigenvalue weighted by Gasteiger charge is -2.03. The first-order valence-electron chi connectivity index (χ1n) is 4.63. The maximum absolute atomic E-state index is 11.1. The van der Waals surface area contributed by atoms with Gasteiger partial charge in [0.05, 0.1) is 6.61 Å². The molecule has 0 aliphatic rings. The van der Waals surface area contributed by atoms with Gasteiger partial charge in [0.15, 0.2) is 0 Å². The number of ketones is 1. The second-order valence-electron chi connectivity index (χ2n) is 2.94. The van der Waals surface area contributed by atoms with Crippen molar-refractivity contribution in [2.75, 3.05) is 6.61 Å². The van der Waals surface area contributed by atoms with E-state index in [-0.39, 0.29) is 5.78 Å². The number of carbonyl (C=O) groups excluding carboxylic acids is 1. The highest BCUT2D eigenvalue weighted by atomic mass is 16.5. The Bertz CT molecular complexity index is 290. The van der Waals surface area contributed by atoms with Gasteiger partial charge in [0.2, 0.25) is 0 Å². The summed E-state index contributed by atoms with van der Waals surface area (Å²) < 4.78 is 5.37. The lowest BCUT2D eigenvalue weighted by atomic mass is 10.2. The standard InChI is InChI=1S/C12H14O2/c1-2-6-11(13)9-10-14-12-7-4-3-5-8-12/h2-5,7-8H,1,6,9-10H2. The first kappa shape index (κ1) is 10.5. The van der Waals surface area contributed by atoms with E-state index in [4.69, 9.17) is 4.74 Å². The molecule has 74 valence electrons. The van der Waals surface area contributed by atoms with Gasteiger partial charge in [-0.3, -0.25) is 4.79 Å². The van der Waals surface area contributed by atoms with Crippen molar-refractivity contribution < 1.29 is 9.53 Å². The third-order valence-corrected chi connectivity index (χ3v) is 1.76. The van der Waals surface area contributed by atoms with Crippen LogP contribution in [0.4, 0.5) is 0 Å². The summed E-state index contributed by atoms with van der Waals surface area (Å²) in [6, 6.07) is 9.48. The maximum atomic E-state index is 11.1. The van der Waals surface area contributed by atoms with Crippen LogP contribution in [-0.2, 0) is 4.79 Å². The number of benzene rings is 1. The Kier molecular flexibility index (Phi) is 4.48. The zero-order valence-corrected chi connectivity index (χ0v) is 8.11. The van der Waals surface area contributed by atoms with E-state index in [9.17, 15) is 4.79 Å². The highest BCUT2D eigenvalue weighted by molar-refractivity contribution is 5.79. The fraction of sp³-hybridized carbons (Fsp3) is 0.250. The molecule has 0 N–H and O–H groups in total.